The van der Waals surface area contributed by atoms with Crippen LogP contribution in [0.15, 0.2) is 79.9 Å². The van der Waals surface area contributed by atoms with E-state index in [4.69, 9.17) is 21.1 Å². The van der Waals surface area contributed by atoms with Crippen LogP contribution in [0, 0.1) is 17.8 Å². The number of anilines is 1. The maximum Gasteiger partial charge on any atom is 0.306 e. The van der Waals surface area contributed by atoms with Crippen LogP contribution in [0.4, 0.5) is 5.69 Å². The number of fused-ring (bicyclic) bond motifs is 1. The fourth-order valence-electron chi connectivity index (χ4n) is 7.71. The van der Waals surface area contributed by atoms with Gasteiger partial charge in [-0.05, 0) is 55.0 Å². The number of nitrogens with zero attached hydrogens (tertiary/aromatic N) is 2. The molecule has 3 heterocycles. The molecule has 3 aliphatic heterocycles. The van der Waals surface area contributed by atoms with Crippen LogP contribution >= 0.6 is 11.6 Å². The SMILES string of the molecule is C=CCCC(=O)OC[C@@H](NC(=O)[C@@H]1[C@@H]2CC[C@]3(O2)[C@H](C(=O)N(CC=C)c2ccc(Cl)cc2)N([C@@H](CO)[C@@H](C)CC)C(=O)[C@@H]13)c1ccccc1. The fraction of sp³-hybridized carbons (Fsp3) is 0.474. The summed E-state index contributed by atoms with van der Waals surface area (Å²) >= 11 is 6.16. The van der Waals surface area contributed by atoms with Crippen LogP contribution in [-0.2, 0) is 28.7 Å². The highest BCUT2D eigenvalue weighted by Crippen LogP contribution is 2.59. The number of esters is 1. The van der Waals surface area contributed by atoms with Crippen molar-refractivity contribution in [2.24, 2.45) is 17.8 Å². The Kier molecular flexibility index (Phi) is 11.6. The van der Waals surface area contributed by atoms with Crippen molar-refractivity contribution in [3.63, 3.8) is 0 Å². The largest absolute Gasteiger partial charge is 0.463 e. The normalized spacial score (nSPS) is 25.6. The monoisotopic (exact) mass is 691 g/mol. The van der Waals surface area contributed by atoms with Gasteiger partial charge < -0.3 is 29.7 Å². The van der Waals surface area contributed by atoms with Gasteiger partial charge in [-0.15, -0.1) is 13.2 Å². The lowest BCUT2D eigenvalue weighted by Gasteiger charge is -2.40. The molecule has 0 unspecified atom stereocenters. The predicted molar refractivity (Wildman–Crippen MR) is 186 cm³/mol. The molecule has 49 heavy (non-hydrogen) atoms. The predicted octanol–water partition coefficient (Wildman–Crippen LogP) is 5.01. The van der Waals surface area contributed by atoms with Gasteiger partial charge in [-0.25, -0.2) is 0 Å². The summed E-state index contributed by atoms with van der Waals surface area (Å²) in [6, 6.07) is 13.6. The van der Waals surface area contributed by atoms with Crippen molar-refractivity contribution < 1.29 is 33.8 Å². The molecule has 5 rings (SSSR count). The number of allylic oxidation sites excluding steroid dienone is 1. The summed E-state index contributed by atoms with van der Waals surface area (Å²) in [7, 11) is 0. The Hall–Kier alpha value is -3.99. The van der Waals surface area contributed by atoms with Gasteiger partial charge in [0.25, 0.3) is 5.91 Å². The Morgan fingerprint density at radius 1 is 1.16 bits per heavy atom. The topological polar surface area (TPSA) is 125 Å². The van der Waals surface area contributed by atoms with Crippen LogP contribution in [0.5, 0.6) is 0 Å². The lowest BCUT2D eigenvalue weighted by molar-refractivity contribution is -0.147. The number of nitrogens with one attached hydrogen (secondary N) is 1. The number of ether oxygens (including phenoxy) is 2. The van der Waals surface area contributed by atoms with Crippen LogP contribution in [0.2, 0.25) is 5.02 Å². The molecular weight excluding hydrogens is 646 g/mol. The van der Waals surface area contributed by atoms with E-state index in [9.17, 15) is 24.3 Å². The van der Waals surface area contributed by atoms with Crippen LogP contribution in [0.3, 0.4) is 0 Å². The van der Waals surface area contributed by atoms with Crippen LogP contribution in [-0.4, -0.2) is 77.2 Å². The van der Waals surface area contributed by atoms with Gasteiger partial charge in [-0.2, -0.15) is 0 Å². The number of rotatable bonds is 16. The third-order valence-corrected chi connectivity index (χ3v) is 10.6. The van der Waals surface area contributed by atoms with Crippen molar-refractivity contribution in [2.75, 3.05) is 24.7 Å². The first-order chi connectivity index (χ1) is 23.6. The van der Waals surface area contributed by atoms with Gasteiger partial charge in [0.2, 0.25) is 11.8 Å². The summed E-state index contributed by atoms with van der Waals surface area (Å²) in [5.74, 6) is -3.60. The average molecular weight is 692 g/mol. The highest BCUT2D eigenvalue weighted by atomic mass is 35.5. The zero-order chi connectivity index (χ0) is 35.3. The van der Waals surface area contributed by atoms with Gasteiger partial charge in [0.05, 0.1) is 36.6 Å². The van der Waals surface area contributed by atoms with Gasteiger partial charge in [0, 0.05) is 23.7 Å². The lowest BCUT2D eigenvalue weighted by Crippen LogP contribution is -2.60. The van der Waals surface area contributed by atoms with Gasteiger partial charge in [-0.1, -0.05) is 74.4 Å². The van der Waals surface area contributed by atoms with E-state index in [-0.39, 0.29) is 43.9 Å². The van der Waals surface area contributed by atoms with Gasteiger partial charge >= 0.3 is 5.97 Å². The molecular formula is C38H46ClN3O7. The van der Waals surface area contributed by atoms with Gasteiger partial charge in [0.15, 0.2) is 0 Å². The highest BCUT2D eigenvalue weighted by Gasteiger charge is 2.75. The minimum Gasteiger partial charge on any atom is -0.463 e. The standard InChI is InChI=1S/C38H46ClN3O7/c1-5-8-14-31(44)48-23-28(25-12-10-9-11-13-25)40-35(45)32-30-19-20-38(49-30)33(32)36(46)42(29(22-43)24(4)7-3)34(38)37(47)41(21-6-2)27-17-15-26(39)16-18-27/h5-6,9-13,15-18,24,28-30,32-34,43H,1-2,7-8,14,19-23H2,3-4H3,(H,40,45)/t24-,28+,29-,30-,32+,33+,34-,38+/m0/s1. The summed E-state index contributed by atoms with van der Waals surface area (Å²) in [5, 5.41) is 14.3. The van der Waals surface area contributed by atoms with E-state index in [1.807, 2.05) is 44.2 Å². The third-order valence-electron chi connectivity index (χ3n) is 10.3. The minimum absolute atomic E-state index is 0.0980. The van der Waals surface area contributed by atoms with Crippen molar-refractivity contribution >= 4 is 41.0 Å². The quantitative estimate of drug-likeness (QED) is 0.187. The third kappa shape index (κ3) is 7.04. The number of aliphatic hydroxyl groups is 1. The molecule has 3 amide bonds. The molecule has 11 heteroatoms. The van der Waals surface area contributed by atoms with Crippen molar-refractivity contribution in [3.8, 4) is 0 Å². The molecule has 8 atom stereocenters. The first-order valence-corrected chi connectivity index (χ1v) is 17.4. The van der Waals surface area contributed by atoms with E-state index in [0.29, 0.717) is 36.4 Å². The first kappa shape index (κ1) is 36.3. The van der Waals surface area contributed by atoms with Gasteiger partial charge in [-0.3, -0.25) is 19.2 Å². The maximum absolute atomic E-state index is 14.8. The van der Waals surface area contributed by atoms with E-state index in [0.717, 1.165) is 5.56 Å². The number of carbonyl (C=O) groups is 4. The van der Waals surface area contributed by atoms with E-state index >= 15 is 0 Å². The Morgan fingerprint density at radius 2 is 1.88 bits per heavy atom. The number of benzene rings is 2. The molecule has 0 radical (unpaired) electrons. The Labute approximate surface area is 293 Å². The first-order valence-electron chi connectivity index (χ1n) is 17.0. The van der Waals surface area contributed by atoms with E-state index in [2.05, 4.69) is 18.5 Å². The number of likely N-dealkylation sites (tertiary alicyclic amines) is 1. The summed E-state index contributed by atoms with van der Waals surface area (Å²) < 4.78 is 12.2. The second kappa shape index (κ2) is 15.7. The summed E-state index contributed by atoms with van der Waals surface area (Å²) in [6.45, 7) is 11.1. The molecule has 3 saturated heterocycles. The number of halogens is 1. The summed E-state index contributed by atoms with van der Waals surface area (Å²) in [4.78, 5) is 59.3. The van der Waals surface area contributed by atoms with Crippen molar-refractivity contribution in [3.05, 3.63) is 90.5 Å². The number of hydrogen-bond donors (Lipinski definition) is 2. The second-order valence-corrected chi connectivity index (χ2v) is 13.6. The summed E-state index contributed by atoms with van der Waals surface area (Å²) in [6.07, 6.45) is 4.81. The maximum atomic E-state index is 14.8. The molecule has 2 aromatic rings. The molecule has 0 aromatic heterocycles. The Bertz CT molecular complexity index is 1540. The zero-order valence-corrected chi connectivity index (χ0v) is 28.9. The highest BCUT2D eigenvalue weighted by molar-refractivity contribution is 6.30. The molecule has 0 saturated carbocycles. The van der Waals surface area contributed by atoms with Crippen molar-refractivity contribution in [1.29, 1.82) is 0 Å². The van der Waals surface area contributed by atoms with Crippen LogP contribution in [0.25, 0.3) is 0 Å². The molecule has 3 aliphatic rings. The molecule has 10 nitrogen and oxygen atoms in total. The van der Waals surface area contributed by atoms with E-state index in [1.165, 1.54) is 4.90 Å². The smallest absolute Gasteiger partial charge is 0.306 e. The van der Waals surface area contributed by atoms with Crippen LogP contribution < -0.4 is 10.2 Å². The van der Waals surface area contributed by atoms with Crippen molar-refractivity contribution in [2.45, 2.75) is 75.8 Å². The van der Waals surface area contributed by atoms with Crippen molar-refractivity contribution in [1.82, 2.24) is 10.2 Å². The summed E-state index contributed by atoms with van der Waals surface area (Å²) in [5.41, 5.74) is 0.0204. The molecule has 1 spiro atoms. The molecule has 2 bridgehead atoms. The number of hydrogen-bond acceptors (Lipinski definition) is 7. The Balaban J connectivity index is 1.51. The molecule has 2 N–H and O–H groups in total. The lowest BCUT2D eigenvalue weighted by atomic mass is 9.70. The van der Waals surface area contributed by atoms with Gasteiger partial charge in [0.1, 0.15) is 18.2 Å². The van der Waals surface area contributed by atoms with Crippen LogP contribution in [0.1, 0.15) is 57.6 Å². The molecule has 0 aliphatic carbocycles. The molecule has 3 fully saturated rings. The number of aliphatic hydroxyl groups excluding tert-OH is 1. The zero-order valence-electron chi connectivity index (χ0n) is 28.1. The number of amides is 3. The Morgan fingerprint density at radius 3 is 2.51 bits per heavy atom. The number of carbonyl (C=O) groups excluding carboxylic acids is 4. The second-order valence-electron chi connectivity index (χ2n) is 13.1. The minimum atomic E-state index is -1.28. The fourth-order valence-corrected chi connectivity index (χ4v) is 7.83. The average Bonchev–Trinajstić information content (AvgIpc) is 3.76. The van der Waals surface area contributed by atoms with E-state index in [1.54, 1.807) is 41.3 Å². The van der Waals surface area contributed by atoms with E-state index < -0.39 is 53.5 Å². The molecule has 2 aromatic carbocycles. The molecule has 262 valence electrons.